The number of nitrogens with zero attached hydrogens (tertiary/aromatic N) is 1. The van der Waals surface area contributed by atoms with Crippen molar-refractivity contribution in [1.82, 2.24) is 0 Å². The molecule has 0 fully saturated rings. The van der Waals surface area contributed by atoms with Crippen LogP contribution in [0.4, 0.5) is 0 Å². The summed E-state index contributed by atoms with van der Waals surface area (Å²) in [7, 11) is 1.47. The highest BCUT2D eigenvalue weighted by Gasteiger charge is 2.15. The predicted molar refractivity (Wildman–Crippen MR) is 109 cm³/mol. The highest BCUT2D eigenvalue weighted by molar-refractivity contribution is 6.31. The zero-order valence-electron chi connectivity index (χ0n) is 15.2. The van der Waals surface area contributed by atoms with Crippen LogP contribution >= 0.6 is 23.2 Å². The Morgan fingerprint density at radius 1 is 1.10 bits per heavy atom. The minimum atomic E-state index is -0.817. The Morgan fingerprint density at radius 3 is 2.66 bits per heavy atom. The van der Waals surface area contributed by atoms with Gasteiger partial charge in [-0.3, -0.25) is 0 Å². The topological polar surface area (TPSA) is 96.3 Å². The number of hydrogen-bond donors (Lipinski definition) is 1. The third kappa shape index (κ3) is 5.43. The molecule has 1 heterocycles. The van der Waals surface area contributed by atoms with E-state index in [0.717, 1.165) is 0 Å². The van der Waals surface area contributed by atoms with Gasteiger partial charge in [0.25, 0.3) is 0 Å². The van der Waals surface area contributed by atoms with Crippen molar-refractivity contribution in [3.8, 4) is 11.5 Å². The van der Waals surface area contributed by atoms with E-state index in [0.29, 0.717) is 32.9 Å². The van der Waals surface area contributed by atoms with Crippen molar-refractivity contribution in [1.29, 1.82) is 0 Å². The van der Waals surface area contributed by atoms with Crippen molar-refractivity contribution >= 4 is 35.0 Å². The fourth-order valence-electron chi connectivity index (χ4n) is 2.34. The molecule has 150 valence electrons. The molecular weight excluding hydrogens is 419 g/mol. The van der Waals surface area contributed by atoms with Crippen molar-refractivity contribution < 1.29 is 23.5 Å². The first-order valence-corrected chi connectivity index (χ1v) is 9.07. The lowest BCUT2D eigenvalue weighted by Gasteiger charge is -2.07. The normalized spacial score (nSPS) is 11.2. The molecule has 29 heavy (non-hydrogen) atoms. The second kappa shape index (κ2) is 9.36. The average molecular weight is 435 g/mol. The highest BCUT2D eigenvalue weighted by Crippen LogP contribution is 2.23. The summed E-state index contributed by atoms with van der Waals surface area (Å²) in [6.45, 7) is 0.110. The van der Waals surface area contributed by atoms with Crippen molar-refractivity contribution in [3.05, 3.63) is 81.7 Å². The molecule has 7 nitrogen and oxygen atoms in total. The fraction of sp³-hybridized carbons (Fsp3) is 0.100. The van der Waals surface area contributed by atoms with E-state index in [1.165, 1.54) is 13.2 Å². The Hall–Kier alpha value is -3.16. The quantitative estimate of drug-likeness (QED) is 0.251. The van der Waals surface area contributed by atoms with Crippen molar-refractivity contribution in [2.45, 2.75) is 6.61 Å². The molecule has 0 saturated carbocycles. The van der Waals surface area contributed by atoms with Gasteiger partial charge in [-0.2, -0.15) is 0 Å². The SMILES string of the molecule is COc1ccc(Cl)cc1/C(N)=N/OC(=O)c1ccc(COc2cccc(Cl)c2)o1. The number of furan rings is 1. The van der Waals surface area contributed by atoms with Crippen LogP contribution in [0.5, 0.6) is 11.5 Å². The van der Waals surface area contributed by atoms with Gasteiger partial charge in [-0.25, -0.2) is 4.79 Å². The van der Waals surface area contributed by atoms with Crippen molar-refractivity contribution in [3.63, 3.8) is 0 Å². The second-order valence-corrected chi connectivity index (χ2v) is 6.58. The molecule has 3 rings (SSSR count). The average Bonchev–Trinajstić information content (AvgIpc) is 3.19. The maximum atomic E-state index is 12.1. The zero-order chi connectivity index (χ0) is 20.8. The summed E-state index contributed by atoms with van der Waals surface area (Å²) in [6, 6.07) is 14.8. The van der Waals surface area contributed by atoms with E-state index in [-0.39, 0.29) is 18.2 Å². The summed E-state index contributed by atoms with van der Waals surface area (Å²) in [6.07, 6.45) is 0. The van der Waals surface area contributed by atoms with Crippen LogP contribution in [0.25, 0.3) is 0 Å². The van der Waals surface area contributed by atoms with Crippen LogP contribution in [-0.2, 0) is 11.4 Å². The molecule has 0 radical (unpaired) electrons. The lowest BCUT2D eigenvalue weighted by atomic mass is 10.2. The number of amidine groups is 1. The number of halogens is 2. The number of rotatable bonds is 7. The number of hydrogen-bond acceptors (Lipinski definition) is 6. The van der Waals surface area contributed by atoms with E-state index in [1.54, 1.807) is 48.5 Å². The van der Waals surface area contributed by atoms with Gasteiger partial charge in [-0.15, -0.1) is 0 Å². The number of carbonyl (C=O) groups is 1. The van der Waals surface area contributed by atoms with E-state index in [1.807, 2.05) is 0 Å². The minimum absolute atomic E-state index is 0.0516. The van der Waals surface area contributed by atoms with Crippen LogP contribution in [-0.4, -0.2) is 18.9 Å². The van der Waals surface area contributed by atoms with Crippen LogP contribution in [0.1, 0.15) is 21.9 Å². The molecule has 2 aromatic carbocycles. The Balaban J connectivity index is 1.63. The van der Waals surface area contributed by atoms with Gasteiger partial charge in [0.2, 0.25) is 5.76 Å². The first-order chi connectivity index (χ1) is 14.0. The molecule has 0 aliphatic heterocycles. The maximum Gasteiger partial charge on any atom is 0.400 e. The molecule has 0 saturated heterocycles. The smallest absolute Gasteiger partial charge is 0.400 e. The van der Waals surface area contributed by atoms with Crippen LogP contribution < -0.4 is 15.2 Å². The Bertz CT molecular complexity index is 1050. The van der Waals surface area contributed by atoms with Crippen LogP contribution in [0.3, 0.4) is 0 Å². The number of nitrogens with two attached hydrogens (primary N) is 1. The molecule has 0 atom stereocenters. The summed E-state index contributed by atoms with van der Waals surface area (Å²) in [5.74, 6) is 0.488. The summed E-state index contributed by atoms with van der Waals surface area (Å²) >= 11 is 11.9. The highest BCUT2D eigenvalue weighted by atomic mass is 35.5. The van der Waals surface area contributed by atoms with Gasteiger partial charge in [0.15, 0.2) is 5.84 Å². The first kappa shape index (κ1) is 20.6. The monoisotopic (exact) mass is 434 g/mol. The Morgan fingerprint density at radius 2 is 1.90 bits per heavy atom. The fourth-order valence-corrected chi connectivity index (χ4v) is 2.69. The van der Waals surface area contributed by atoms with E-state index < -0.39 is 5.97 Å². The molecule has 3 aromatic rings. The lowest BCUT2D eigenvalue weighted by molar-refractivity contribution is 0.0475. The number of benzene rings is 2. The van der Waals surface area contributed by atoms with E-state index in [4.69, 9.17) is 47.7 Å². The predicted octanol–water partition coefficient (Wildman–Crippen LogP) is 4.65. The van der Waals surface area contributed by atoms with Crippen LogP contribution in [0, 0.1) is 0 Å². The third-order valence-corrected chi connectivity index (χ3v) is 4.17. The third-order valence-electron chi connectivity index (χ3n) is 3.70. The second-order valence-electron chi connectivity index (χ2n) is 5.71. The molecule has 9 heteroatoms. The van der Waals surface area contributed by atoms with Gasteiger partial charge < -0.3 is 24.5 Å². The van der Waals surface area contributed by atoms with Crippen LogP contribution in [0.2, 0.25) is 10.0 Å². The number of methoxy groups -OCH3 is 1. The molecule has 1 aromatic heterocycles. The van der Waals surface area contributed by atoms with Crippen molar-refractivity contribution in [2.24, 2.45) is 10.9 Å². The molecule has 0 unspecified atom stereocenters. The first-order valence-electron chi connectivity index (χ1n) is 8.32. The summed E-state index contributed by atoms with van der Waals surface area (Å²) in [5, 5.41) is 4.62. The van der Waals surface area contributed by atoms with Gasteiger partial charge in [0.1, 0.15) is 23.9 Å². The Kier molecular flexibility index (Phi) is 6.64. The molecule has 0 bridgehead atoms. The number of carbonyl (C=O) groups excluding carboxylic acids is 1. The van der Waals surface area contributed by atoms with Gasteiger partial charge in [0.05, 0.1) is 12.7 Å². The standard InChI is InChI=1S/C20H16Cl2N2O5/c1-26-17-7-5-13(22)10-16(17)19(23)24-29-20(25)18-8-6-15(28-18)11-27-14-4-2-3-12(21)9-14/h2-10H,11H2,1H3,(H2,23,24). The molecule has 2 N–H and O–H groups in total. The molecule has 0 aliphatic rings. The van der Waals surface area contributed by atoms with Gasteiger partial charge in [0, 0.05) is 10.0 Å². The molecule has 0 aliphatic carbocycles. The molecule has 0 spiro atoms. The van der Waals surface area contributed by atoms with E-state index >= 15 is 0 Å². The van der Waals surface area contributed by atoms with Gasteiger partial charge in [-0.05, 0) is 48.5 Å². The van der Waals surface area contributed by atoms with Gasteiger partial charge in [-0.1, -0.05) is 34.4 Å². The zero-order valence-corrected chi connectivity index (χ0v) is 16.7. The van der Waals surface area contributed by atoms with Crippen molar-refractivity contribution in [2.75, 3.05) is 7.11 Å². The molecule has 0 amide bonds. The lowest BCUT2D eigenvalue weighted by Crippen LogP contribution is -2.16. The summed E-state index contributed by atoms with van der Waals surface area (Å²) in [5.41, 5.74) is 6.26. The van der Waals surface area contributed by atoms with Crippen LogP contribution in [0.15, 0.2) is 64.2 Å². The number of ether oxygens (including phenoxy) is 2. The van der Waals surface area contributed by atoms with E-state index in [2.05, 4.69) is 5.16 Å². The summed E-state index contributed by atoms with van der Waals surface area (Å²) < 4.78 is 16.2. The number of oxime groups is 1. The minimum Gasteiger partial charge on any atom is -0.496 e. The van der Waals surface area contributed by atoms with Gasteiger partial charge >= 0.3 is 5.97 Å². The molecular formula is C20H16Cl2N2O5. The maximum absolute atomic E-state index is 12.1. The largest absolute Gasteiger partial charge is 0.496 e. The van der Waals surface area contributed by atoms with E-state index in [9.17, 15) is 4.79 Å². The Labute approximate surface area is 176 Å². The summed E-state index contributed by atoms with van der Waals surface area (Å²) in [4.78, 5) is 17.0.